The summed E-state index contributed by atoms with van der Waals surface area (Å²) in [6.45, 7) is 10.5. The minimum atomic E-state index is 0.149. The zero-order valence-electron chi connectivity index (χ0n) is 19.6. The normalized spacial score (nSPS) is 12.6. The van der Waals surface area contributed by atoms with Gasteiger partial charge in [-0.05, 0) is 74.2 Å². The number of ether oxygens (including phenoxy) is 1. The molecular formula is C29H35NO. The third kappa shape index (κ3) is 6.08. The summed E-state index contributed by atoms with van der Waals surface area (Å²) in [5.74, 6) is 0.913. The Labute approximate surface area is 188 Å². The molecule has 3 aromatic carbocycles. The molecule has 0 aliphatic heterocycles. The molecule has 0 unspecified atom stereocenters. The first kappa shape index (κ1) is 22.8. The van der Waals surface area contributed by atoms with Gasteiger partial charge in [-0.1, -0.05) is 79.7 Å². The molecule has 162 valence electrons. The maximum atomic E-state index is 6.03. The predicted octanol–water partition coefficient (Wildman–Crippen LogP) is 7.16. The van der Waals surface area contributed by atoms with Crippen molar-refractivity contribution in [1.82, 2.24) is 4.90 Å². The van der Waals surface area contributed by atoms with Crippen LogP contribution in [0.2, 0.25) is 0 Å². The molecule has 0 atom stereocenters. The maximum absolute atomic E-state index is 6.03. The highest BCUT2D eigenvalue weighted by Gasteiger charge is 2.16. The van der Waals surface area contributed by atoms with Gasteiger partial charge in [-0.2, -0.15) is 0 Å². The summed E-state index contributed by atoms with van der Waals surface area (Å²) in [5.41, 5.74) is 6.51. The molecule has 0 saturated carbocycles. The lowest BCUT2D eigenvalue weighted by Gasteiger charge is -2.31. The van der Waals surface area contributed by atoms with Crippen LogP contribution in [0.4, 0.5) is 0 Å². The summed E-state index contributed by atoms with van der Waals surface area (Å²) in [7, 11) is 2.14. The van der Waals surface area contributed by atoms with Gasteiger partial charge < -0.3 is 4.74 Å². The first-order chi connectivity index (χ1) is 14.9. The number of benzene rings is 3. The first-order valence-electron chi connectivity index (χ1n) is 11.2. The van der Waals surface area contributed by atoms with Gasteiger partial charge in [-0.15, -0.1) is 0 Å². The zero-order valence-corrected chi connectivity index (χ0v) is 19.6. The number of nitrogens with zero attached hydrogens (tertiary/aromatic N) is 1. The molecule has 0 amide bonds. The monoisotopic (exact) mass is 413 g/mol. The highest BCUT2D eigenvalue weighted by Crippen LogP contribution is 2.34. The number of hydrogen-bond donors (Lipinski definition) is 0. The van der Waals surface area contributed by atoms with Crippen molar-refractivity contribution >= 4 is 11.1 Å². The van der Waals surface area contributed by atoms with Gasteiger partial charge in [0.05, 0.1) is 0 Å². The van der Waals surface area contributed by atoms with Crippen molar-refractivity contribution in [2.75, 3.05) is 20.2 Å². The Hall–Kier alpha value is -2.84. The summed E-state index contributed by atoms with van der Waals surface area (Å²) >= 11 is 0. The Kier molecular flexibility index (Phi) is 7.70. The van der Waals surface area contributed by atoms with Crippen LogP contribution in [0.5, 0.6) is 5.75 Å². The number of hydrogen-bond acceptors (Lipinski definition) is 2. The SMILES string of the molecule is CC/C(=C(\c1ccccc1)c1ccc(OCCN(C)C(C)(C)C)cc1)c1ccccc1. The standard InChI is InChI=1S/C29H35NO/c1-6-27(23-13-9-7-10-14-23)28(24-15-11-8-12-16-24)25-17-19-26(20-18-25)31-22-21-30(5)29(2,3)4/h7-20H,6,21-22H2,1-5H3/b28-27-. The molecule has 0 aliphatic carbocycles. The Morgan fingerprint density at radius 1 is 0.742 bits per heavy atom. The van der Waals surface area contributed by atoms with Gasteiger partial charge in [0.1, 0.15) is 12.4 Å². The highest BCUT2D eigenvalue weighted by molar-refractivity contribution is 5.98. The van der Waals surface area contributed by atoms with E-state index in [0.29, 0.717) is 6.61 Å². The van der Waals surface area contributed by atoms with E-state index in [1.807, 2.05) is 0 Å². The molecule has 2 nitrogen and oxygen atoms in total. The number of rotatable bonds is 8. The first-order valence-corrected chi connectivity index (χ1v) is 11.2. The van der Waals surface area contributed by atoms with Crippen molar-refractivity contribution in [2.24, 2.45) is 0 Å². The van der Waals surface area contributed by atoms with Crippen LogP contribution in [0.15, 0.2) is 84.9 Å². The third-order valence-corrected chi connectivity index (χ3v) is 5.82. The second-order valence-corrected chi connectivity index (χ2v) is 8.90. The van der Waals surface area contributed by atoms with Crippen LogP contribution in [-0.2, 0) is 0 Å². The molecule has 0 fully saturated rings. The third-order valence-electron chi connectivity index (χ3n) is 5.82. The molecule has 0 heterocycles. The van der Waals surface area contributed by atoms with Crippen LogP contribution in [0.1, 0.15) is 50.8 Å². The van der Waals surface area contributed by atoms with Gasteiger partial charge in [0, 0.05) is 12.1 Å². The summed E-state index contributed by atoms with van der Waals surface area (Å²) in [5, 5.41) is 0. The van der Waals surface area contributed by atoms with E-state index < -0.39 is 0 Å². The number of allylic oxidation sites excluding steroid dienone is 1. The summed E-state index contributed by atoms with van der Waals surface area (Å²) in [6.07, 6.45) is 0.964. The predicted molar refractivity (Wildman–Crippen MR) is 133 cm³/mol. The fourth-order valence-corrected chi connectivity index (χ4v) is 3.64. The molecule has 2 heteroatoms. The molecule has 3 rings (SSSR count). The summed E-state index contributed by atoms with van der Waals surface area (Å²) < 4.78 is 6.03. The van der Waals surface area contributed by atoms with Crippen LogP contribution in [0.3, 0.4) is 0 Å². The molecule has 0 radical (unpaired) electrons. The molecule has 0 bridgehead atoms. The lowest BCUT2D eigenvalue weighted by molar-refractivity contribution is 0.144. The number of likely N-dealkylation sites (N-methyl/N-ethyl adjacent to an activating group) is 1. The van der Waals surface area contributed by atoms with E-state index in [2.05, 4.69) is 125 Å². The molecule has 0 saturated heterocycles. The van der Waals surface area contributed by atoms with E-state index in [1.54, 1.807) is 0 Å². The zero-order chi connectivity index (χ0) is 22.3. The van der Waals surface area contributed by atoms with Crippen molar-refractivity contribution in [3.05, 3.63) is 102 Å². The fourth-order valence-electron chi connectivity index (χ4n) is 3.64. The second kappa shape index (κ2) is 10.5. The molecular weight excluding hydrogens is 378 g/mol. The highest BCUT2D eigenvalue weighted by atomic mass is 16.5. The molecule has 0 aromatic heterocycles. The Morgan fingerprint density at radius 2 is 1.26 bits per heavy atom. The molecule has 0 spiro atoms. The van der Waals surface area contributed by atoms with Crippen LogP contribution < -0.4 is 4.74 Å². The van der Waals surface area contributed by atoms with E-state index in [1.165, 1.54) is 27.8 Å². The molecule has 31 heavy (non-hydrogen) atoms. The van der Waals surface area contributed by atoms with Crippen molar-refractivity contribution in [3.8, 4) is 5.75 Å². The fraction of sp³-hybridized carbons (Fsp3) is 0.310. The molecule has 3 aromatic rings. The van der Waals surface area contributed by atoms with Crippen molar-refractivity contribution in [2.45, 2.75) is 39.7 Å². The minimum Gasteiger partial charge on any atom is -0.492 e. The lowest BCUT2D eigenvalue weighted by Crippen LogP contribution is -2.40. The Balaban J connectivity index is 1.88. The van der Waals surface area contributed by atoms with Crippen LogP contribution in [0.25, 0.3) is 11.1 Å². The quantitative estimate of drug-likeness (QED) is 0.363. The average molecular weight is 414 g/mol. The van der Waals surface area contributed by atoms with Gasteiger partial charge in [0.25, 0.3) is 0 Å². The second-order valence-electron chi connectivity index (χ2n) is 8.90. The maximum Gasteiger partial charge on any atom is 0.119 e. The topological polar surface area (TPSA) is 12.5 Å². The smallest absolute Gasteiger partial charge is 0.119 e. The van der Waals surface area contributed by atoms with Crippen molar-refractivity contribution < 1.29 is 4.74 Å². The van der Waals surface area contributed by atoms with Gasteiger partial charge in [-0.25, -0.2) is 0 Å². The molecule has 0 aliphatic rings. The minimum absolute atomic E-state index is 0.149. The Morgan fingerprint density at radius 3 is 1.77 bits per heavy atom. The Bertz CT molecular complexity index is 967. The lowest BCUT2D eigenvalue weighted by atomic mass is 9.88. The molecule has 0 N–H and O–H groups in total. The van der Waals surface area contributed by atoms with Crippen molar-refractivity contribution in [3.63, 3.8) is 0 Å². The van der Waals surface area contributed by atoms with Crippen LogP contribution in [-0.4, -0.2) is 30.6 Å². The van der Waals surface area contributed by atoms with E-state index in [4.69, 9.17) is 4.74 Å². The van der Waals surface area contributed by atoms with E-state index >= 15 is 0 Å². The van der Waals surface area contributed by atoms with Gasteiger partial charge in [0.2, 0.25) is 0 Å². The van der Waals surface area contributed by atoms with Crippen LogP contribution in [0, 0.1) is 0 Å². The summed E-state index contributed by atoms with van der Waals surface area (Å²) in [4.78, 5) is 2.31. The van der Waals surface area contributed by atoms with Gasteiger partial charge in [0.15, 0.2) is 0 Å². The van der Waals surface area contributed by atoms with Crippen molar-refractivity contribution in [1.29, 1.82) is 0 Å². The van der Waals surface area contributed by atoms with Gasteiger partial charge >= 0.3 is 0 Å². The van der Waals surface area contributed by atoms with E-state index in [9.17, 15) is 0 Å². The average Bonchev–Trinajstić information content (AvgIpc) is 2.78. The van der Waals surface area contributed by atoms with Crippen LogP contribution >= 0.6 is 0 Å². The largest absolute Gasteiger partial charge is 0.492 e. The summed E-state index contributed by atoms with van der Waals surface area (Å²) in [6, 6.07) is 29.9. The van der Waals surface area contributed by atoms with Gasteiger partial charge in [-0.3, -0.25) is 4.90 Å². The van der Waals surface area contributed by atoms with E-state index in [0.717, 1.165) is 18.7 Å². The van der Waals surface area contributed by atoms with E-state index in [-0.39, 0.29) is 5.54 Å².